The van der Waals surface area contributed by atoms with Crippen LogP contribution < -0.4 is 24.4 Å². The van der Waals surface area contributed by atoms with E-state index in [2.05, 4.69) is 15.2 Å². The first-order valence-corrected chi connectivity index (χ1v) is 11.5. The average Bonchev–Trinajstić information content (AvgIpc) is 2.88. The molecule has 180 valence electrons. The Balaban J connectivity index is 1.32. The number of hydrogen-bond donors (Lipinski definition) is 1. The lowest BCUT2D eigenvalue weighted by molar-refractivity contribution is 0.194. The molecule has 0 atom stereocenters. The smallest absolute Gasteiger partial charge is 0.317 e. The van der Waals surface area contributed by atoms with Crippen LogP contribution in [-0.2, 0) is 6.42 Å². The number of fused-ring (bicyclic) bond motifs is 1. The maximum atomic E-state index is 12.7. The van der Waals surface area contributed by atoms with Crippen LogP contribution in [0.3, 0.4) is 0 Å². The largest absolute Gasteiger partial charge is 0.497 e. The lowest BCUT2D eigenvalue weighted by Crippen LogP contribution is -2.52. The molecule has 1 aromatic heterocycles. The molecule has 2 heterocycles. The van der Waals surface area contributed by atoms with E-state index in [9.17, 15) is 4.79 Å². The zero-order valence-electron chi connectivity index (χ0n) is 19.9. The third-order valence-corrected chi connectivity index (χ3v) is 5.79. The maximum Gasteiger partial charge on any atom is 0.317 e. The van der Waals surface area contributed by atoms with Crippen molar-refractivity contribution < 1.29 is 19.0 Å². The standard InChI is InChI=1S/C25H31N5O4/c1-4-34-24-23(27-21-7-5-6-8-22(21)28-24)9-10-26-25(31)30-13-11-29(12-14-30)18-15-19(32-2)17-20(16-18)33-3/h5-8,15-17H,4,9-14H2,1-3H3,(H,26,31). The fourth-order valence-electron chi connectivity index (χ4n) is 3.98. The van der Waals surface area contributed by atoms with Gasteiger partial charge in [0.25, 0.3) is 0 Å². The van der Waals surface area contributed by atoms with Gasteiger partial charge in [0.05, 0.1) is 31.9 Å². The van der Waals surface area contributed by atoms with Crippen LogP contribution in [-0.4, -0.2) is 74.4 Å². The normalized spacial score (nSPS) is 13.6. The van der Waals surface area contributed by atoms with Gasteiger partial charge in [0.2, 0.25) is 5.88 Å². The van der Waals surface area contributed by atoms with Crippen molar-refractivity contribution in [1.82, 2.24) is 20.2 Å². The fourth-order valence-corrected chi connectivity index (χ4v) is 3.98. The molecule has 0 aliphatic carbocycles. The molecule has 1 aliphatic rings. The molecule has 34 heavy (non-hydrogen) atoms. The third-order valence-electron chi connectivity index (χ3n) is 5.79. The van der Waals surface area contributed by atoms with Crippen molar-refractivity contribution in [3.8, 4) is 17.4 Å². The van der Waals surface area contributed by atoms with Gasteiger partial charge in [-0.3, -0.25) is 0 Å². The average molecular weight is 466 g/mol. The van der Waals surface area contributed by atoms with E-state index in [1.807, 2.05) is 54.3 Å². The van der Waals surface area contributed by atoms with E-state index in [4.69, 9.17) is 19.2 Å². The molecule has 2 amide bonds. The number of carbonyl (C=O) groups is 1. The van der Waals surface area contributed by atoms with E-state index in [1.54, 1.807) is 14.2 Å². The zero-order valence-corrected chi connectivity index (χ0v) is 19.9. The number of hydrogen-bond acceptors (Lipinski definition) is 7. The predicted molar refractivity (Wildman–Crippen MR) is 131 cm³/mol. The summed E-state index contributed by atoms with van der Waals surface area (Å²) in [5.41, 5.74) is 3.38. The molecule has 1 fully saturated rings. The van der Waals surface area contributed by atoms with Crippen LogP contribution in [0.5, 0.6) is 17.4 Å². The van der Waals surface area contributed by atoms with E-state index < -0.39 is 0 Å². The molecule has 1 saturated heterocycles. The third kappa shape index (κ3) is 5.41. The lowest BCUT2D eigenvalue weighted by atomic mass is 10.2. The van der Waals surface area contributed by atoms with Crippen molar-refractivity contribution in [2.45, 2.75) is 13.3 Å². The maximum absolute atomic E-state index is 12.7. The number of piperazine rings is 1. The summed E-state index contributed by atoms with van der Waals surface area (Å²) in [6, 6.07) is 13.5. The Hall–Kier alpha value is -3.75. The van der Waals surface area contributed by atoms with Gasteiger partial charge in [-0.2, -0.15) is 0 Å². The van der Waals surface area contributed by atoms with Crippen molar-refractivity contribution in [2.24, 2.45) is 0 Å². The highest BCUT2D eigenvalue weighted by atomic mass is 16.5. The van der Waals surface area contributed by atoms with Gasteiger partial charge >= 0.3 is 6.03 Å². The van der Waals surface area contributed by atoms with Crippen LogP contribution in [0.25, 0.3) is 11.0 Å². The topological polar surface area (TPSA) is 89.1 Å². The molecular weight excluding hydrogens is 434 g/mol. The number of nitrogens with one attached hydrogen (secondary N) is 1. The highest BCUT2D eigenvalue weighted by Gasteiger charge is 2.22. The lowest BCUT2D eigenvalue weighted by Gasteiger charge is -2.36. The van der Waals surface area contributed by atoms with Crippen LogP contribution in [0.2, 0.25) is 0 Å². The Bertz CT molecular complexity index is 1110. The minimum Gasteiger partial charge on any atom is -0.497 e. The van der Waals surface area contributed by atoms with Crippen molar-refractivity contribution in [3.63, 3.8) is 0 Å². The SMILES string of the molecule is CCOc1nc2ccccc2nc1CCNC(=O)N1CCN(c2cc(OC)cc(OC)c2)CC1. The molecule has 2 aromatic carbocycles. The van der Waals surface area contributed by atoms with E-state index in [-0.39, 0.29) is 6.03 Å². The quantitative estimate of drug-likeness (QED) is 0.547. The van der Waals surface area contributed by atoms with Crippen LogP contribution >= 0.6 is 0 Å². The number of carbonyl (C=O) groups excluding carboxylic acids is 1. The van der Waals surface area contributed by atoms with Crippen LogP contribution in [0, 0.1) is 0 Å². The monoisotopic (exact) mass is 465 g/mol. The summed E-state index contributed by atoms with van der Waals surface area (Å²) >= 11 is 0. The fraction of sp³-hybridized carbons (Fsp3) is 0.400. The number of methoxy groups -OCH3 is 2. The van der Waals surface area contributed by atoms with Gasteiger partial charge in [-0.1, -0.05) is 12.1 Å². The molecule has 0 unspecified atom stereocenters. The highest BCUT2D eigenvalue weighted by Crippen LogP contribution is 2.29. The van der Waals surface area contributed by atoms with Gasteiger partial charge < -0.3 is 29.3 Å². The van der Waals surface area contributed by atoms with Crippen molar-refractivity contribution in [1.29, 1.82) is 0 Å². The molecule has 0 saturated carbocycles. The van der Waals surface area contributed by atoms with Gasteiger partial charge in [-0.25, -0.2) is 14.8 Å². The second kappa shape index (κ2) is 10.9. The van der Waals surface area contributed by atoms with E-state index in [0.29, 0.717) is 38.5 Å². The number of amides is 2. The minimum absolute atomic E-state index is 0.0745. The van der Waals surface area contributed by atoms with Gasteiger partial charge in [-0.05, 0) is 19.1 Å². The van der Waals surface area contributed by atoms with Gasteiger partial charge in [0.15, 0.2) is 0 Å². The van der Waals surface area contributed by atoms with Gasteiger partial charge in [-0.15, -0.1) is 0 Å². The number of benzene rings is 2. The molecule has 1 aliphatic heterocycles. The highest BCUT2D eigenvalue weighted by molar-refractivity contribution is 5.75. The minimum atomic E-state index is -0.0745. The second-order valence-electron chi connectivity index (χ2n) is 7.92. The molecule has 1 N–H and O–H groups in total. The molecular formula is C25H31N5O4. The summed E-state index contributed by atoms with van der Waals surface area (Å²) in [5.74, 6) is 2.02. The molecule has 0 spiro atoms. The second-order valence-corrected chi connectivity index (χ2v) is 7.92. The molecule has 0 bridgehead atoms. The first kappa shape index (κ1) is 23.4. The van der Waals surface area contributed by atoms with Crippen LogP contribution in [0.1, 0.15) is 12.6 Å². The number of urea groups is 1. The number of ether oxygens (including phenoxy) is 3. The van der Waals surface area contributed by atoms with Crippen molar-refractivity contribution in [3.05, 3.63) is 48.2 Å². The Morgan fingerprint density at radius 2 is 1.62 bits per heavy atom. The van der Waals surface area contributed by atoms with Crippen molar-refractivity contribution >= 4 is 22.8 Å². The first-order valence-electron chi connectivity index (χ1n) is 11.5. The van der Waals surface area contributed by atoms with Crippen LogP contribution in [0.15, 0.2) is 42.5 Å². The number of aromatic nitrogens is 2. The first-order chi connectivity index (χ1) is 16.6. The number of anilines is 1. The Labute approximate surface area is 199 Å². The summed E-state index contributed by atoms with van der Waals surface area (Å²) in [5, 5.41) is 3.01. The Morgan fingerprint density at radius 3 is 2.24 bits per heavy atom. The van der Waals surface area contributed by atoms with E-state index in [1.165, 1.54) is 0 Å². The summed E-state index contributed by atoms with van der Waals surface area (Å²) in [6.07, 6.45) is 0.544. The number of nitrogens with zero attached hydrogens (tertiary/aromatic N) is 4. The number of rotatable bonds is 8. The molecule has 3 aromatic rings. The van der Waals surface area contributed by atoms with E-state index in [0.717, 1.165) is 47.0 Å². The Kier molecular flexibility index (Phi) is 7.51. The summed E-state index contributed by atoms with van der Waals surface area (Å²) in [4.78, 5) is 26.1. The molecule has 4 rings (SSSR count). The summed E-state index contributed by atoms with van der Waals surface area (Å²) < 4.78 is 16.4. The summed E-state index contributed by atoms with van der Waals surface area (Å²) in [7, 11) is 3.28. The van der Waals surface area contributed by atoms with Gasteiger partial charge in [0.1, 0.15) is 17.2 Å². The summed E-state index contributed by atoms with van der Waals surface area (Å²) in [6.45, 7) is 5.61. The van der Waals surface area contributed by atoms with Crippen LogP contribution in [0.4, 0.5) is 10.5 Å². The van der Waals surface area contributed by atoms with Crippen molar-refractivity contribution in [2.75, 3.05) is 58.5 Å². The molecule has 0 radical (unpaired) electrons. The number of para-hydroxylation sites is 2. The molecule has 9 heteroatoms. The zero-order chi connectivity index (χ0) is 23.9. The van der Waals surface area contributed by atoms with E-state index >= 15 is 0 Å². The Morgan fingerprint density at radius 1 is 0.971 bits per heavy atom. The molecule has 9 nitrogen and oxygen atoms in total. The predicted octanol–water partition coefficient (Wildman–Crippen LogP) is 3.12. The van der Waals surface area contributed by atoms with Gasteiger partial charge in [0, 0.05) is 63.0 Å².